The molecule has 0 aliphatic rings. The molecule has 206 valence electrons. The lowest BCUT2D eigenvalue weighted by atomic mass is 9.86. The molecular formula is C36H40N2O2. The summed E-state index contributed by atoms with van der Waals surface area (Å²) in [5.41, 5.74) is 5.18. The number of hydrogen-bond donors (Lipinski definition) is 0. The SMILES string of the molecule is CC(C)(C)c1ccc(C(=O)N(CCN(C(=O)c2ccc(C(C)(C)C)cc2)c2ccccc2)c2ccccc2)cc1. The standard InChI is InChI=1S/C36H40N2O2/c1-35(2,3)29-21-17-27(18-22-29)33(39)37(31-13-9-7-10-14-31)25-26-38(32-15-11-8-12-16-32)34(40)28-19-23-30(24-20-28)36(4,5)6/h7-24H,25-26H2,1-6H3. The van der Waals surface area contributed by atoms with Gasteiger partial charge in [0, 0.05) is 35.6 Å². The van der Waals surface area contributed by atoms with Gasteiger partial charge in [-0.3, -0.25) is 9.59 Å². The third kappa shape index (κ3) is 6.87. The van der Waals surface area contributed by atoms with Gasteiger partial charge in [-0.25, -0.2) is 0 Å². The summed E-state index contributed by atoms with van der Waals surface area (Å²) in [6, 6.07) is 35.0. The van der Waals surface area contributed by atoms with E-state index in [4.69, 9.17) is 0 Å². The second-order valence-electron chi connectivity index (χ2n) is 12.2. The minimum absolute atomic E-state index is 0.00231. The molecule has 0 aliphatic heterocycles. The Morgan fingerprint density at radius 1 is 0.475 bits per heavy atom. The van der Waals surface area contributed by atoms with Gasteiger partial charge in [0.2, 0.25) is 0 Å². The van der Waals surface area contributed by atoms with Crippen molar-refractivity contribution in [3.8, 4) is 0 Å². The van der Waals surface area contributed by atoms with Crippen LogP contribution in [-0.4, -0.2) is 24.9 Å². The molecular weight excluding hydrogens is 492 g/mol. The highest BCUT2D eigenvalue weighted by Crippen LogP contribution is 2.26. The molecule has 0 heterocycles. The van der Waals surface area contributed by atoms with Crippen molar-refractivity contribution < 1.29 is 9.59 Å². The van der Waals surface area contributed by atoms with Gasteiger partial charge in [-0.2, -0.15) is 0 Å². The summed E-state index contributed by atoms with van der Waals surface area (Å²) in [7, 11) is 0. The normalized spacial score (nSPS) is 11.7. The fourth-order valence-corrected chi connectivity index (χ4v) is 4.65. The highest BCUT2D eigenvalue weighted by Gasteiger charge is 2.24. The number of para-hydroxylation sites is 2. The molecule has 0 radical (unpaired) electrons. The van der Waals surface area contributed by atoms with Crippen molar-refractivity contribution in [2.24, 2.45) is 0 Å². The first-order valence-corrected chi connectivity index (χ1v) is 13.9. The van der Waals surface area contributed by atoms with E-state index in [1.165, 1.54) is 11.1 Å². The van der Waals surface area contributed by atoms with E-state index in [2.05, 4.69) is 41.5 Å². The third-order valence-corrected chi connectivity index (χ3v) is 7.17. The van der Waals surface area contributed by atoms with Gasteiger partial charge in [0.25, 0.3) is 11.8 Å². The van der Waals surface area contributed by atoms with Crippen molar-refractivity contribution in [1.29, 1.82) is 0 Å². The lowest BCUT2D eigenvalue weighted by Gasteiger charge is -2.29. The molecule has 0 aromatic heterocycles. The second-order valence-corrected chi connectivity index (χ2v) is 12.2. The fourth-order valence-electron chi connectivity index (χ4n) is 4.65. The van der Waals surface area contributed by atoms with E-state index in [1.54, 1.807) is 9.80 Å². The van der Waals surface area contributed by atoms with Crippen LogP contribution in [0.4, 0.5) is 11.4 Å². The van der Waals surface area contributed by atoms with Crippen LogP contribution in [0.1, 0.15) is 73.4 Å². The van der Waals surface area contributed by atoms with Gasteiger partial charge in [0.15, 0.2) is 0 Å². The average Bonchev–Trinajstić information content (AvgIpc) is 2.95. The van der Waals surface area contributed by atoms with Gasteiger partial charge in [-0.15, -0.1) is 0 Å². The van der Waals surface area contributed by atoms with Crippen LogP contribution in [-0.2, 0) is 10.8 Å². The number of carbonyl (C=O) groups is 2. The molecule has 4 nitrogen and oxygen atoms in total. The van der Waals surface area contributed by atoms with Gasteiger partial charge in [-0.05, 0) is 70.5 Å². The lowest BCUT2D eigenvalue weighted by molar-refractivity contribution is 0.0968. The molecule has 40 heavy (non-hydrogen) atoms. The fraction of sp³-hybridized carbons (Fsp3) is 0.278. The third-order valence-electron chi connectivity index (χ3n) is 7.17. The van der Waals surface area contributed by atoms with Crippen molar-refractivity contribution >= 4 is 23.2 Å². The summed E-state index contributed by atoms with van der Waals surface area (Å²) < 4.78 is 0. The van der Waals surface area contributed by atoms with Crippen molar-refractivity contribution in [3.63, 3.8) is 0 Å². The molecule has 0 spiro atoms. The number of amides is 2. The molecule has 0 bridgehead atoms. The van der Waals surface area contributed by atoms with E-state index in [-0.39, 0.29) is 22.6 Å². The number of carbonyl (C=O) groups excluding carboxylic acids is 2. The predicted octanol–water partition coefficient (Wildman–Crippen LogP) is 8.28. The number of nitrogens with zero attached hydrogens (tertiary/aromatic N) is 2. The minimum atomic E-state index is -0.0957. The number of anilines is 2. The largest absolute Gasteiger partial charge is 0.307 e. The molecule has 2 amide bonds. The van der Waals surface area contributed by atoms with Crippen molar-refractivity contribution in [1.82, 2.24) is 0 Å². The number of hydrogen-bond acceptors (Lipinski definition) is 2. The second kappa shape index (κ2) is 11.9. The molecule has 0 saturated carbocycles. The van der Waals surface area contributed by atoms with E-state index in [9.17, 15) is 9.59 Å². The Bertz CT molecular complexity index is 1300. The van der Waals surface area contributed by atoms with Gasteiger partial charge in [0.1, 0.15) is 0 Å². The Hall–Kier alpha value is -4.18. The van der Waals surface area contributed by atoms with E-state index in [0.29, 0.717) is 24.2 Å². The summed E-state index contributed by atoms with van der Waals surface area (Å²) in [6.45, 7) is 13.6. The van der Waals surface area contributed by atoms with Crippen LogP contribution in [0.25, 0.3) is 0 Å². The van der Waals surface area contributed by atoms with Gasteiger partial charge < -0.3 is 9.80 Å². The summed E-state index contributed by atoms with van der Waals surface area (Å²) in [4.78, 5) is 31.2. The highest BCUT2D eigenvalue weighted by molar-refractivity contribution is 6.08. The average molecular weight is 533 g/mol. The molecule has 4 aromatic carbocycles. The Morgan fingerprint density at radius 3 is 1.05 bits per heavy atom. The van der Waals surface area contributed by atoms with Crippen LogP contribution < -0.4 is 9.80 Å². The molecule has 0 unspecified atom stereocenters. The van der Waals surface area contributed by atoms with E-state index in [1.807, 2.05) is 109 Å². The Kier molecular flexibility index (Phi) is 8.58. The molecule has 0 saturated heterocycles. The molecule has 4 rings (SSSR count). The Balaban J connectivity index is 1.64. The zero-order valence-electron chi connectivity index (χ0n) is 24.5. The Morgan fingerprint density at radius 2 is 0.775 bits per heavy atom. The minimum Gasteiger partial charge on any atom is -0.307 e. The monoisotopic (exact) mass is 532 g/mol. The first-order chi connectivity index (χ1) is 18.9. The van der Waals surface area contributed by atoms with Crippen molar-refractivity contribution in [3.05, 3.63) is 131 Å². The number of benzene rings is 4. The van der Waals surface area contributed by atoms with Gasteiger partial charge in [-0.1, -0.05) is 102 Å². The maximum Gasteiger partial charge on any atom is 0.258 e. The smallest absolute Gasteiger partial charge is 0.258 e. The molecule has 0 aliphatic carbocycles. The maximum atomic E-state index is 13.8. The van der Waals surface area contributed by atoms with Crippen molar-refractivity contribution in [2.75, 3.05) is 22.9 Å². The molecule has 0 atom stereocenters. The predicted molar refractivity (Wildman–Crippen MR) is 167 cm³/mol. The van der Waals surface area contributed by atoms with Crippen LogP contribution in [0.3, 0.4) is 0 Å². The van der Waals surface area contributed by atoms with Crippen LogP contribution in [0.15, 0.2) is 109 Å². The summed E-state index contributed by atoms with van der Waals surface area (Å²) in [6.07, 6.45) is 0. The van der Waals surface area contributed by atoms with Crippen LogP contribution in [0.2, 0.25) is 0 Å². The summed E-state index contributed by atoms with van der Waals surface area (Å²) in [5.74, 6) is -0.191. The van der Waals surface area contributed by atoms with E-state index in [0.717, 1.165) is 11.4 Å². The van der Waals surface area contributed by atoms with E-state index < -0.39 is 0 Å². The molecule has 0 N–H and O–H groups in total. The lowest BCUT2D eigenvalue weighted by Crippen LogP contribution is -2.41. The van der Waals surface area contributed by atoms with Gasteiger partial charge in [0.05, 0.1) is 0 Å². The van der Waals surface area contributed by atoms with Crippen LogP contribution in [0.5, 0.6) is 0 Å². The van der Waals surface area contributed by atoms with Crippen LogP contribution >= 0.6 is 0 Å². The first-order valence-electron chi connectivity index (χ1n) is 13.9. The first kappa shape index (κ1) is 28.8. The molecule has 4 heteroatoms. The summed E-state index contributed by atoms with van der Waals surface area (Å²) >= 11 is 0. The zero-order chi connectivity index (χ0) is 28.9. The van der Waals surface area contributed by atoms with Crippen LogP contribution in [0, 0.1) is 0 Å². The highest BCUT2D eigenvalue weighted by atomic mass is 16.2. The Labute approximate surface area is 239 Å². The quantitative estimate of drug-likeness (QED) is 0.240. The topological polar surface area (TPSA) is 40.6 Å². The van der Waals surface area contributed by atoms with E-state index >= 15 is 0 Å². The molecule has 4 aromatic rings. The number of rotatable bonds is 7. The summed E-state index contributed by atoms with van der Waals surface area (Å²) in [5, 5.41) is 0. The van der Waals surface area contributed by atoms with Gasteiger partial charge >= 0.3 is 0 Å². The zero-order valence-corrected chi connectivity index (χ0v) is 24.5. The van der Waals surface area contributed by atoms with Crippen molar-refractivity contribution in [2.45, 2.75) is 52.4 Å². The molecule has 0 fully saturated rings. The maximum absolute atomic E-state index is 13.8.